The molecule has 1 aliphatic heterocycles. The van der Waals surface area contributed by atoms with Crippen LogP contribution in [0.3, 0.4) is 0 Å². The molecular formula is C16H25N3O. The highest BCUT2D eigenvalue weighted by Gasteiger charge is 2.28. The van der Waals surface area contributed by atoms with Crippen molar-refractivity contribution >= 4 is 5.91 Å². The number of hydrogen-bond donors (Lipinski definition) is 0. The average molecular weight is 275 g/mol. The zero-order valence-electron chi connectivity index (χ0n) is 12.6. The molecule has 0 aromatic rings. The largest absolute Gasteiger partial charge is 0.340 e. The van der Waals surface area contributed by atoms with Crippen molar-refractivity contribution in [2.24, 2.45) is 11.8 Å². The molecule has 1 amide bonds. The molecule has 0 radical (unpaired) electrons. The first-order valence-corrected chi connectivity index (χ1v) is 7.70. The van der Waals surface area contributed by atoms with E-state index in [9.17, 15) is 10.1 Å². The fraction of sp³-hybridized carbons (Fsp3) is 0.750. The molecule has 1 saturated heterocycles. The lowest BCUT2D eigenvalue weighted by atomic mass is 10.0. The predicted molar refractivity (Wildman–Crippen MR) is 78.9 cm³/mol. The van der Waals surface area contributed by atoms with Gasteiger partial charge in [-0.2, -0.15) is 5.26 Å². The predicted octanol–water partition coefficient (Wildman–Crippen LogP) is 2.04. The summed E-state index contributed by atoms with van der Waals surface area (Å²) in [6, 6.07) is 2.36. The standard InChI is InChI=1S/C16H25N3O/c1-13(2)15(12-17)18-7-9-19(10-8-18)16(20)11-14-5-3-4-6-14/h3,5,13-15H,4,6-11H2,1-2H3/t14-,15-/m1/s1. The lowest BCUT2D eigenvalue weighted by Gasteiger charge is -2.38. The van der Waals surface area contributed by atoms with Gasteiger partial charge in [0.15, 0.2) is 0 Å². The maximum atomic E-state index is 12.2. The van der Waals surface area contributed by atoms with Crippen LogP contribution in [0.2, 0.25) is 0 Å². The van der Waals surface area contributed by atoms with Gasteiger partial charge in [0.2, 0.25) is 5.91 Å². The van der Waals surface area contributed by atoms with Gasteiger partial charge in [-0.15, -0.1) is 0 Å². The van der Waals surface area contributed by atoms with E-state index in [1.54, 1.807) is 0 Å². The maximum Gasteiger partial charge on any atom is 0.223 e. The number of carbonyl (C=O) groups excluding carboxylic acids is 1. The van der Waals surface area contributed by atoms with E-state index < -0.39 is 0 Å². The second-order valence-corrected chi connectivity index (χ2v) is 6.20. The normalized spacial score (nSPS) is 24.9. The summed E-state index contributed by atoms with van der Waals surface area (Å²) >= 11 is 0. The molecule has 0 saturated carbocycles. The number of hydrogen-bond acceptors (Lipinski definition) is 3. The molecule has 0 aromatic carbocycles. The second-order valence-electron chi connectivity index (χ2n) is 6.20. The van der Waals surface area contributed by atoms with Gasteiger partial charge in [-0.1, -0.05) is 26.0 Å². The van der Waals surface area contributed by atoms with Gasteiger partial charge in [-0.25, -0.2) is 0 Å². The number of nitrogens with zero attached hydrogens (tertiary/aromatic N) is 3. The minimum Gasteiger partial charge on any atom is -0.340 e. The van der Waals surface area contributed by atoms with Crippen LogP contribution in [0.1, 0.15) is 33.1 Å². The molecular weight excluding hydrogens is 250 g/mol. The molecule has 2 atom stereocenters. The van der Waals surface area contributed by atoms with Gasteiger partial charge >= 0.3 is 0 Å². The van der Waals surface area contributed by atoms with Gasteiger partial charge in [0.05, 0.1) is 6.07 Å². The summed E-state index contributed by atoms with van der Waals surface area (Å²) in [5, 5.41) is 9.23. The Morgan fingerprint density at radius 3 is 2.55 bits per heavy atom. The Kier molecular flexibility index (Phi) is 5.19. The zero-order valence-corrected chi connectivity index (χ0v) is 12.6. The third-order valence-electron chi connectivity index (χ3n) is 4.37. The summed E-state index contributed by atoms with van der Waals surface area (Å²) < 4.78 is 0. The van der Waals surface area contributed by atoms with E-state index in [1.165, 1.54) is 0 Å². The molecule has 4 heteroatoms. The number of piperazine rings is 1. The Bertz CT molecular complexity index is 402. The molecule has 20 heavy (non-hydrogen) atoms. The molecule has 0 spiro atoms. The minimum absolute atomic E-state index is 0.0231. The third kappa shape index (κ3) is 3.61. The maximum absolute atomic E-state index is 12.2. The van der Waals surface area contributed by atoms with Crippen LogP contribution in [0, 0.1) is 23.2 Å². The summed E-state index contributed by atoms with van der Waals surface area (Å²) in [6.45, 7) is 7.33. The SMILES string of the molecule is CC(C)[C@@H](C#N)N1CCN(C(=O)C[C@@H]2C=CCC2)CC1. The van der Waals surface area contributed by atoms with Gasteiger partial charge in [-0.3, -0.25) is 9.69 Å². The Hall–Kier alpha value is -1.34. The van der Waals surface area contributed by atoms with Crippen LogP contribution in [0.4, 0.5) is 0 Å². The summed E-state index contributed by atoms with van der Waals surface area (Å²) in [5.74, 6) is 1.06. The molecule has 0 bridgehead atoms. The second kappa shape index (κ2) is 6.90. The highest BCUT2D eigenvalue weighted by Crippen LogP contribution is 2.22. The van der Waals surface area contributed by atoms with Gasteiger partial charge in [0.25, 0.3) is 0 Å². The van der Waals surface area contributed by atoms with Crippen LogP contribution >= 0.6 is 0 Å². The molecule has 2 aliphatic rings. The van der Waals surface area contributed by atoms with Crippen molar-refractivity contribution in [3.8, 4) is 6.07 Å². The summed E-state index contributed by atoms with van der Waals surface area (Å²) in [5.41, 5.74) is 0. The zero-order chi connectivity index (χ0) is 14.5. The highest BCUT2D eigenvalue weighted by atomic mass is 16.2. The first-order chi connectivity index (χ1) is 9.61. The third-order valence-corrected chi connectivity index (χ3v) is 4.37. The number of amides is 1. The molecule has 0 aromatic heterocycles. The number of carbonyl (C=O) groups is 1. The summed E-state index contributed by atoms with van der Waals surface area (Å²) in [6.07, 6.45) is 7.25. The van der Waals surface area contributed by atoms with Crippen LogP contribution in [0.25, 0.3) is 0 Å². The van der Waals surface area contributed by atoms with Crippen molar-refractivity contribution in [3.63, 3.8) is 0 Å². The monoisotopic (exact) mass is 275 g/mol. The Morgan fingerprint density at radius 2 is 2.05 bits per heavy atom. The van der Waals surface area contributed by atoms with Crippen LogP contribution in [-0.4, -0.2) is 47.9 Å². The van der Waals surface area contributed by atoms with Crippen molar-refractivity contribution < 1.29 is 4.79 Å². The fourth-order valence-corrected chi connectivity index (χ4v) is 3.12. The van der Waals surface area contributed by atoms with E-state index in [4.69, 9.17) is 0 Å². The minimum atomic E-state index is -0.0231. The number of allylic oxidation sites excluding steroid dienone is 2. The van der Waals surface area contributed by atoms with Crippen molar-refractivity contribution in [3.05, 3.63) is 12.2 Å². The fourth-order valence-electron chi connectivity index (χ4n) is 3.12. The van der Waals surface area contributed by atoms with Gasteiger partial charge in [-0.05, 0) is 24.7 Å². The van der Waals surface area contributed by atoms with Crippen LogP contribution < -0.4 is 0 Å². The van der Waals surface area contributed by atoms with Crippen LogP contribution in [0.5, 0.6) is 0 Å². The van der Waals surface area contributed by atoms with Gasteiger partial charge < -0.3 is 4.90 Å². The van der Waals surface area contributed by atoms with Gasteiger partial charge in [0, 0.05) is 32.6 Å². The molecule has 1 heterocycles. The van der Waals surface area contributed by atoms with E-state index in [-0.39, 0.29) is 11.9 Å². The van der Waals surface area contributed by atoms with Crippen LogP contribution in [0.15, 0.2) is 12.2 Å². The van der Waals surface area contributed by atoms with E-state index in [0.717, 1.165) is 39.0 Å². The molecule has 0 unspecified atom stereocenters. The topological polar surface area (TPSA) is 47.3 Å². The first kappa shape index (κ1) is 15.1. The molecule has 0 N–H and O–H groups in total. The molecule has 1 aliphatic carbocycles. The Labute approximate surface area is 122 Å². The van der Waals surface area contributed by atoms with Crippen molar-refractivity contribution in [2.75, 3.05) is 26.2 Å². The Morgan fingerprint density at radius 1 is 1.35 bits per heavy atom. The molecule has 4 nitrogen and oxygen atoms in total. The average Bonchev–Trinajstić information content (AvgIpc) is 2.92. The number of nitriles is 1. The van der Waals surface area contributed by atoms with Crippen LogP contribution in [-0.2, 0) is 4.79 Å². The smallest absolute Gasteiger partial charge is 0.223 e. The molecule has 2 rings (SSSR count). The summed E-state index contributed by atoms with van der Waals surface area (Å²) in [4.78, 5) is 16.4. The van der Waals surface area contributed by atoms with E-state index in [0.29, 0.717) is 18.3 Å². The van der Waals surface area contributed by atoms with Crippen molar-refractivity contribution in [2.45, 2.75) is 39.2 Å². The summed E-state index contributed by atoms with van der Waals surface area (Å²) in [7, 11) is 0. The lowest BCUT2D eigenvalue weighted by Crippen LogP contribution is -2.53. The number of rotatable bonds is 4. The van der Waals surface area contributed by atoms with E-state index in [1.807, 2.05) is 4.90 Å². The lowest BCUT2D eigenvalue weighted by molar-refractivity contribution is -0.133. The first-order valence-electron chi connectivity index (χ1n) is 7.70. The van der Waals surface area contributed by atoms with Crippen molar-refractivity contribution in [1.29, 1.82) is 5.26 Å². The molecule has 110 valence electrons. The highest BCUT2D eigenvalue weighted by molar-refractivity contribution is 5.76. The molecule has 1 fully saturated rings. The van der Waals surface area contributed by atoms with Gasteiger partial charge in [0.1, 0.15) is 6.04 Å². The quantitative estimate of drug-likeness (QED) is 0.738. The van der Waals surface area contributed by atoms with E-state index in [2.05, 4.69) is 37.0 Å². The van der Waals surface area contributed by atoms with Crippen molar-refractivity contribution in [1.82, 2.24) is 9.80 Å². The Balaban J connectivity index is 1.80. The van der Waals surface area contributed by atoms with E-state index >= 15 is 0 Å².